The largest absolute Gasteiger partial charge is 0.459 e. The number of para-hydroxylation sites is 1. The molecule has 1 amide bonds. The van der Waals surface area contributed by atoms with Gasteiger partial charge in [0.05, 0.1) is 6.26 Å². The number of amides is 1. The van der Waals surface area contributed by atoms with Gasteiger partial charge in [-0.15, -0.1) is 5.10 Å². The standard InChI is InChI=1S/C21H17N3O4/c25-19(14-24-21(26)28-20(23-24)18-11-6-12-27-18)22-17-10-5-4-9-16(17)13-15-7-2-1-3-8-15/h1-12H,13-14H2,(H,22,25). The number of rotatable bonds is 6. The van der Waals surface area contributed by atoms with Crippen molar-refractivity contribution in [2.75, 3.05) is 5.32 Å². The van der Waals surface area contributed by atoms with Crippen molar-refractivity contribution in [1.82, 2.24) is 9.78 Å². The maximum Gasteiger partial charge on any atom is 0.437 e. The summed E-state index contributed by atoms with van der Waals surface area (Å²) in [5.41, 5.74) is 2.81. The monoisotopic (exact) mass is 375 g/mol. The van der Waals surface area contributed by atoms with Gasteiger partial charge in [0.2, 0.25) is 5.91 Å². The van der Waals surface area contributed by atoms with E-state index in [-0.39, 0.29) is 18.3 Å². The fraction of sp³-hybridized carbons (Fsp3) is 0.0952. The van der Waals surface area contributed by atoms with Crippen LogP contribution in [0.2, 0.25) is 0 Å². The van der Waals surface area contributed by atoms with Crippen LogP contribution in [0.15, 0.2) is 86.6 Å². The lowest BCUT2D eigenvalue weighted by molar-refractivity contribution is -0.117. The highest BCUT2D eigenvalue weighted by molar-refractivity contribution is 5.91. The van der Waals surface area contributed by atoms with Crippen LogP contribution < -0.4 is 11.1 Å². The molecular weight excluding hydrogens is 358 g/mol. The Kier molecular flexibility index (Phi) is 4.88. The van der Waals surface area contributed by atoms with E-state index in [2.05, 4.69) is 10.4 Å². The third-order valence-corrected chi connectivity index (χ3v) is 4.16. The minimum Gasteiger partial charge on any atom is -0.459 e. The average molecular weight is 375 g/mol. The summed E-state index contributed by atoms with van der Waals surface area (Å²) >= 11 is 0. The van der Waals surface area contributed by atoms with Crippen LogP contribution >= 0.6 is 0 Å². The van der Waals surface area contributed by atoms with Gasteiger partial charge in [0, 0.05) is 5.69 Å². The van der Waals surface area contributed by atoms with Crippen molar-refractivity contribution in [1.29, 1.82) is 0 Å². The van der Waals surface area contributed by atoms with Crippen molar-refractivity contribution >= 4 is 11.6 Å². The third kappa shape index (κ3) is 3.93. The van der Waals surface area contributed by atoms with Crippen LogP contribution in [0.5, 0.6) is 0 Å². The Morgan fingerprint density at radius 1 is 1.00 bits per heavy atom. The first-order valence-electron chi connectivity index (χ1n) is 8.72. The summed E-state index contributed by atoms with van der Waals surface area (Å²) in [6.07, 6.45) is 2.13. The van der Waals surface area contributed by atoms with Crippen LogP contribution in [0.3, 0.4) is 0 Å². The second-order valence-corrected chi connectivity index (χ2v) is 6.18. The SMILES string of the molecule is O=C(Cn1nc(-c2ccco2)oc1=O)Nc1ccccc1Cc1ccccc1. The lowest BCUT2D eigenvalue weighted by Gasteiger charge is -2.11. The van der Waals surface area contributed by atoms with E-state index in [0.717, 1.165) is 15.8 Å². The number of carbonyl (C=O) groups excluding carboxylic acids is 1. The predicted octanol–water partition coefficient (Wildman–Crippen LogP) is 3.33. The summed E-state index contributed by atoms with van der Waals surface area (Å²) in [5.74, 6) is -0.738. The van der Waals surface area contributed by atoms with E-state index in [1.165, 1.54) is 6.26 Å². The number of hydrogen-bond acceptors (Lipinski definition) is 5. The first-order valence-corrected chi connectivity index (χ1v) is 8.72. The molecule has 0 fully saturated rings. The minimum absolute atomic E-state index is 0.0345. The lowest BCUT2D eigenvalue weighted by Crippen LogP contribution is -2.26. The molecule has 7 heteroatoms. The Morgan fingerprint density at radius 3 is 2.57 bits per heavy atom. The molecule has 4 rings (SSSR count). The molecule has 7 nitrogen and oxygen atoms in total. The fourth-order valence-corrected chi connectivity index (χ4v) is 2.84. The normalized spacial score (nSPS) is 10.7. The molecule has 0 aliphatic heterocycles. The fourth-order valence-electron chi connectivity index (χ4n) is 2.84. The summed E-state index contributed by atoms with van der Waals surface area (Å²) in [6.45, 7) is -0.261. The molecule has 0 bridgehead atoms. The molecule has 0 unspecified atom stereocenters. The van der Waals surface area contributed by atoms with Crippen LogP contribution in [-0.2, 0) is 17.8 Å². The Labute approximate surface area is 160 Å². The molecule has 0 aliphatic carbocycles. The molecule has 140 valence electrons. The molecule has 0 atom stereocenters. The molecule has 0 radical (unpaired) electrons. The molecule has 2 heterocycles. The number of aromatic nitrogens is 2. The van der Waals surface area contributed by atoms with E-state index in [9.17, 15) is 9.59 Å². The molecule has 0 aliphatic rings. The van der Waals surface area contributed by atoms with Crippen LogP contribution in [0.1, 0.15) is 11.1 Å². The van der Waals surface area contributed by atoms with Gasteiger partial charge in [0.1, 0.15) is 6.54 Å². The molecular formula is C21H17N3O4. The van der Waals surface area contributed by atoms with Crippen LogP contribution in [0.25, 0.3) is 11.7 Å². The molecule has 0 spiro atoms. The number of nitrogens with one attached hydrogen (secondary N) is 1. The van der Waals surface area contributed by atoms with E-state index in [0.29, 0.717) is 17.9 Å². The smallest absolute Gasteiger partial charge is 0.437 e. The van der Waals surface area contributed by atoms with Gasteiger partial charge in [-0.2, -0.15) is 4.68 Å². The van der Waals surface area contributed by atoms with Gasteiger partial charge in [0.15, 0.2) is 5.76 Å². The zero-order valence-corrected chi connectivity index (χ0v) is 14.9. The number of carbonyl (C=O) groups is 1. The van der Waals surface area contributed by atoms with Crippen molar-refractivity contribution in [3.63, 3.8) is 0 Å². The summed E-state index contributed by atoms with van der Waals surface area (Å²) in [7, 11) is 0. The Balaban J connectivity index is 1.48. The zero-order valence-electron chi connectivity index (χ0n) is 14.9. The highest BCUT2D eigenvalue weighted by Crippen LogP contribution is 2.19. The van der Waals surface area contributed by atoms with Crippen molar-refractivity contribution in [3.05, 3.63) is 94.7 Å². The molecule has 2 aromatic heterocycles. The summed E-state index contributed by atoms with van der Waals surface area (Å²) < 4.78 is 11.2. The topological polar surface area (TPSA) is 90.3 Å². The van der Waals surface area contributed by atoms with Crippen molar-refractivity contribution in [3.8, 4) is 11.7 Å². The number of nitrogens with zero attached hydrogens (tertiary/aromatic N) is 2. The predicted molar refractivity (Wildman–Crippen MR) is 103 cm³/mol. The third-order valence-electron chi connectivity index (χ3n) is 4.16. The van der Waals surface area contributed by atoms with Gasteiger partial charge in [-0.25, -0.2) is 4.79 Å². The van der Waals surface area contributed by atoms with Gasteiger partial charge in [-0.1, -0.05) is 48.5 Å². The number of benzene rings is 2. The van der Waals surface area contributed by atoms with Crippen molar-refractivity contribution in [2.24, 2.45) is 0 Å². The van der Waals surface area contributed by atoms with Crippen molar-refractivity contribution in [2.45, 2.75) is 13.0 Å². The van der Waals surface area contributed by atoms with E-state index in [4.69, 9.17) is 8.83 Å². The maximum absolute atomic E-state index is 12.5. The van der Waals surface area contributed by atoms with E-state index >= 15 is 0 Å². The number of furan rings is 1. The maximum atomic E-state index is 12.5. The van der Waals surface area contributed by atoms with E-state index in [1.807, 2.05) is 54.6 Å². The molecule has 0 saturated heterocycles. The Hall–Kier alpha value is -3.87. The van der Waals surface area contributed by atoms with Gasteiger partial charge in [-0.05, 0) is 35.7 Å². The second-order valence-electron chi connectivity index (χ2n) is 6.18. The highest BCUT2D eigenvalue weighted by Gasteiger charge is 2.15. The molecule has 1 N–H and O–H groups in total. The summed E-state index contributed by atoms with van der Waals surface area (Å²) in [5, 5.41) is 6.85. The Bertz CT molecular complexity index is 1130. The lowest BCUT2D eigenvalue weighted by atomic mass is 10.0. The summed E-state index contributed by atoms with van der Waals surface area (Å²) in [6, 6.07) is 20.8. The van der Waals surface area contributed by atoms with Crippen LogP contribution in [-0.4, -0.2) is 15.7 Å². The molecule has 28 heavy (non-hydrogen) atoms. The van der Waals surface area contributed by atoms with Crippen LogP contribution in [0.4, 0.5) is 5.69 Å². The van der Waals surface area contributed by atoms with Gasteiger partial charge < -0.3 is 14.2 Å². The average Bonchev–Trinajstić information content (AvgIpc) is 3.35. The number of hydrogen-bond donors (Lipinski definition) is 1. The quantitative estimate of drug-likeness (QED) is 0.558. The molecule has 0 saturated carbocycles. The zero-order chi connectivity index (χ0) is 19.3. The first-order chi connectivity index (χ1) is 13.7. The van der Waals surface area contributed by atoms with Crippen LogP contribution in [0, 0.1) is 0 Å². The van der Waals surface area contributed by atoms with Gasteiger partial charge in [-0.3, -0.25) is 4.79 Å². The van der Waals surface area contributed by atoms with Gasteiger partial charge in [0.25, 0.3) is 5.89 Å². The second kappa shape index (κ2) is 7.79. The highest BCUT2D eigenvalue weighted by atomic mass is 16.4. The molecule has 2 aromatic carbocycles. The summed E-state index contributed by atoms with van der Waals surface area (Å²) in [4.78, 5) is 24.4. The minimum atomic E-state index is -0.723. The molecule has 4 aromatic rings. The van der Waals surface area contributed by atoms with Gasteiger partial charge >= 0.3 is 5.76 Å². The number of anilines is 1. The first kappa shape index (κ1) is 17.5. The van der Waals surface area contributed by atoms with E-state index < -0.39 is 5.76 Å². The Morgan fingerprint density at radius 2 is 1.79 bits per heavy atom. The van der Waals surface area contributed by atoms with Crippen molar-refractivity contribution < 1.29 is 13.6 Å². The van der Waals surface area contributed by atoms with E-state index in [1.54, 1.807) is 12.1 Å².